The van der Waals surface area contributed by atoms with Gasteiger partial charge in [-0.25, -0.2) is 0 Å². The molecule has 1 aliphatic rings. The summed E-state index contributed by atoms with van der Waals surface area (Å²) >= 11 is 3.37. The molecule has 1 unspecified atom stereocenters. The van der Waals surface area contributed by atoms with E-state index in [1.54, 1.807) is 6.07 Å². The fourth-order valence-corrected chi connectivity index (χ4v) is 2.79. The molecule has 1 N–H and O–H groups in total. The predicted molar refractivity (Wildman–Crippen MR) is 77.5 cm³/mol. The summed E-state index contributed by atoms with van der Waals surface area (Å²) in [5, 5.41) is 14.1. The van der Waals surface area contributed by atoms with Crippen LogP contribution in [0.5, 0.6) is 0 Å². The third kappa shape index (κ3) is 3.67. The SMILES string of the molecule is CC1(C)CC(Nc2ccc([N+](=O)[O-])cc2Br)CCO1. The second-order valence-corrected chi connectivity index (χ2v) is 6.22. The Morgan fingerprint density at radius 3 is 2.84 bits per heavy atom. The normalized spacial score (nSPS) is 21.9. The lowest BCUT2D eigenvalue weighted by molar-refractivity contribution is -0.384. The number of non-ortho nitro benzene ring substituents is 1. The molecule has 5 nitrogen and oxygen atoms in total. The predicted octanol–water partition coefficient (Wildman–Crippen LogP) is 3.73. The topological polar surface area (TPSA) is 64.4 Å². The van der Waals surface area contributed by atoms with Crippen LogP contribution >= 0.6 is 15.9 Å². The molecule has 1 aliphatic heterocycles. The van der Waals surface area contributed by atoms with Crippen LogP contribution in [-0.2, 0) is 4.74 Å². The zero-order valence-corrected chi connectivity index (χ0v) is 12.6. The summed E-state index contributed by atoms with van der Waals surface area (Å²) < 4.78 is 6.39. The van der Waals surface area contributed by atoms with Crippen molar-refractivity contribution in [1.29, 1.82) is 0 Å². The van der Waals surface area contributed by atoms with Crippen LogP contribution in [0.2, 0.25) is 0 Å². The highest BCUT2D eigenvalue weighted by molar-refractivity contribution is 9.10. The maximum absolute atomic E-state index is 10.7. The Balaban J connectivity index is 2.09. The van der Waals surface area contributed by atoms with Crippen LogP contribution < -0.4 is 5.32 Å². The highest BCUT2D eigenvalue weighted by Gasteiger charge is 2.29. The van der Waals surface area contributed by atoms with Crippen molar-refractivity contribution in [3.05, 3.63) is 32.8 Å². The molecule has 104 valence electrons. The minimum Gasteiger partial charge on any atom is -0.381 e. The van der Waals surface area contributed by atoms with Crippen LogP contribution in [0.1, 0.15) is 26.7 Å². The van der Waals surface area contributed by atoms with Gasteiger partial charge >= 0.3 is 0 Å². The Kier molecular flexibility index (Phi) is 4.10. The van der Waals surface area contributed by atoms with Gasteiger partial charge in [0, 0.05) is 34.9 Å². The van der Waals surface area contributed by atoms with Crippen molar-refractivity contribution in [2.24, 2.45) is 0 Å². The Hall–Kier alpha value is -1.14. The Bertz CT molecular complexity index is 491. The number of anilines is 1. The summed E-state index contributed by atoms with van der Waals surface area (Å²) in [5.41, 5.74) is 0.849. The van der Waals surface area contributed by atoms with E-state index in [1.807, 2.05) is 0 Å². The molecule has 1 atom stereocenters. The number of ether oxygens (including phenoxy) is 1. The monoisotopic (exact) mass is 328 g/mol. The molecule has 0 amide bonds. The van der Waals surface area contributed by atoms with Crippen molar-refractivity contribution in [3.63, 3.8) is 0 Å². The fourth-order valence-electron chi connectivity index (χ4n) is 2.31. The first kappa shape index (κ1) is 14.3. The van der Waals surface area contributed by atoms with Crippen molar-refractivity contribution in [1.82, 2.24) is 0 Å². The van der Waals surface area contributed by atoms with Gasteiger partial charge in [-0.1, -0.05) is 0 Å². The maximum Gasteiger partial charge on any atom is 0.270 e. The van der Waals surface area contributed by atoms with Crippen molar-refractivity contribution in [3.8, 4) is 0 Å². The lowest BCUT2D eigenvalue weighted by Gasteiger charge is -2.36. The Morgan fingerprint density at radius 2 is 2.26 bits per heavy atom. The van der Waals surface area contributed by atoms with E-state index < -0.39 is 4.92 Å². The summed E-state index contributed by atoms with van der Waals surface area (Å²) in [5.74, 6) is 0. The first-order chi connectivity index (χ1) is 8.87. The van der Waals surface area contributed by atoms with Crippen LogP contribution in [-0.4, -0.2) is 23.2 Å². The molecular weight excluding hydrogens is 312 g/mol. The summed E-state index contributed by atoms with van der Waals surface area (Å²) in [6, 6.07) is 5.09. The van der Waals surface area contributed by atoms with E-state index in [1.165, 1.54) is 12.1 Å². The molecule has 6 heteroatoms. The molecule has 0 aromatic heterocycles. The molecule has 0 saturated carbocycles. The zero-order chi connectivity index (χ0) is 14.0. The van der Waals surface area contributed by atoms with E-state index in [0.29, 0.717) is 10.5 Å². The number of halogens is 1. The van der Waals surface area contributed by atoms with Gasteiger partial charge in [0.05, 0.1) is 10.5 Å². The molecule has 0 spiro atoms. The van der Waals surface area contributed by atoms with Crippen molar-refractivity contribution < 1.29 is 9.66 Å². The first-order valence-corrected chi connectivity index (χ1v) is 7.01. The molecule has 0 radical (unpaired) electrons. The van der Waals surface area contributed by atoms with Gasteiger partial charge in [0.25, 0.3) is 5.69 Å². The van der Waals surface area contributed by atoms with Gasteiger partial charge in [-0.3, -0.25) is 10.1 Å². The van der Waals surface area contributed by atoms with E-state index in [9.17, 15) is 10.1 Å². The third-order valence-electron chi connectivity index (χ3n) is 3.22. The summed E-state index contributed by atoms with van der Waals surface area (Å²) in [6.45, 7) is 4.88. The number of hydrogen-bond acceptors (Lipinski definition) is 4. The quantitative estimate of drug-likeness (QED) is 0.678. The first-order valence-electron chi connectivity index (χ1n) is 6.22. The average Bonchev–Trinajstić information content (AvgIpc) is 2.30. The van der Waals surface area contributed by atoms with E-state index in [2.05, 4.69) is 35.1 Å². The number of nitrogens with zero attached hydrogens (tertiary/aromatic N) is 1. The molecule has 1 fully saturated rings. The van der Waals surface area contributed by atoms with Gasteiger partial charge in [0.15, 0.2) is 0 Å². The number of nitro groups is 1. The van der Waals surface area contributed by atoms with Crippen LogP contribution in [0.15, 0.2) is 22.7 Å². The van der Waals surface area contributed by atoms with Gasteiger partial charge in [0.2, 0.25) is 0 Å². The zero-order valence-electron chi connectivity index (χ0n) is 11.0. The van der Waals surface area contributed by atoms with Crippen molar-refractivity contribution >= 4 is 27.3 Å². The number of benzene rings is 1. The van der Waals surface area contributed by atoms with Gasteiger partial charge in [-0.2, -0.15) is 0 Å². The van der Waals surface area contributed by atoms with Crippen molar-refractivity contribution in [2.45, 2.75) is 38.3 Å². The number of nitro benzene ring substituents is 1. The van der Waals surface area contributed by atoms with Crippen LogP contribution in [0.25, 0.3) is 0 Å². The Morgan fingerprint density at radius 1 is 1.53 bits per heavy atom. The average molecular weight is 329 g/mol. The minimum atomic E-state index is -0.397. The molecule has 19 heavy (non-hydrogen) atoms. The lowest BCUT2D eigenvalue weighted by atomic mass is 9.94. The third-order valence-corrected chi connectivity index (χ3v) is 3.88. The molecule has 1 aromatic carbocycles. The lowest BCUT2D eigenvalue weighted by Crippen LogP contribution is -2.40. The molecule has 1 heterocycles. The molecule has 0 aliphatic carbocycles. The largest absolute Gasteiger partial charge is 0.381 e. The van der Waals surface area contributed by atoms with Crippen LogP contribution in [0.4, 0.5) is 11.4 Å². The number of hydrogen-bond donors (Lipinski definition) is 1. The van der Waals surface area contributed by atoms with Gasteiger partial charge < -0.3 is 10.1 Å². The standard InChI is InChI=1S/C13H17BrN2O3/c1-13(2)8-9(5-6-19-13)15-12-4-3-10(16(17)18)7-11(12)14/h3-4,7,9,15H,5-6,8H2,1-2H3. The second kappa shape index (κ2) is 5.46. The highest BCUT2D eigenvalue weighted by Crippen LogP contribution is 2.31. The second-order valence-electron chi connectivity index (χ2n) is 5.36. The van der Waals surface area contributed by atoms with Gasteiger partial charge in [-0.05, 0) is 48.7 Å². The van der Waals surface area contributed by atoms with Gasteiger partial charge in [0.1, 0.15) is 0 Å². The van der Waals surface area contributed by atoms with E-state index in [-0.39, 0.29) is 11.3 Å². The molecule has 1 saturated heterocycles. The number of rotatable bonds is 3. The van der Waals surface area contributed by atoms with Crippen molar-refractivity contribution in [2.75, 3.05) is 11.9 Å². The molecule has 1 aromatic rings. The van der Waals surface area contributed by atoms with E-state index in [4.69, 9.17) is 4.74 Å². The molecule has 0 bridgehead atoms. The fraction of sp³-hybridized carbons (Fsp3) is 0.538. The highest BCUT2D eigenvalue weighted by atomic mass is 79.9. The van der Waals surface area contributed by atoms with Crippen LogP contribution in [0, 0.1) is 10.1 Å². The Labute approximate surface area is 120 Å². The van der Waals surface area contributed by atoms with E-state index in [0.717, 1.165) is 25.1 Å². The number of nitrogens with one attached hydrogen (secondary N) is 1. The summed E-state index contributed by atoms with van der Waals surface area (Å²) in [6.07, 6.45) is 1.85. The summed E-state index contributed by atoms with van der Waals surface area (Å²) in [7, 11) is 0. The smallest absolute Gasteiger partial charge is 0.270 e. The van der Waals surface area contributed by atoms with Crippen LogP contribution in [0.3, 0.4) is 0 Å². The molecular formula is C13H17BrN2O3. The minimum absolute atomic E-state index is 0.0877. The van der Waals surface area contributed by atoms with E-state index >= 15 is 0 Å². The summed E-state index contributed by atoms with van der Waals surface area (Å²) in [4.78, 5) is 10.3. The maximum atomic E-state index is 10.7. The molecule has 2 rings (SSSR count). The van der Waals surface area contributed by atoms with Gasteiger partial charge in [-0.15, -0.1) is 0 Å².